The standard InChI is InChI=1S/C23H27FN6O2/c1-27-22(32-3)20-13-9-19(21(26)28-11-13)30-8-4-5-18(30)16-10-14(24)6-7-15(16)23(31)29(2)12-17(20)25/h6-7,9-11,18H,4-5,8,12,25H2,1-3H3,(H2,26,28)/t18-/m1/s1. The number of hydrogen-bond acceptors (Lipinski definition) is 7. The molecule has 4 N–H and O–H groups in total. The first-order valence-electron chi connectivity index (χ1n) is 10.4. The summed E-state index contributed by atoms with van der Waals surface area (Å²) < 4.78 is 19.7. The van der Waals surface area contributed by atoms with Crippen molar-refractivity contribution in [3.8, 4) is 0 Å². The molecule has 4 rings (SSSR count). The first kappa shape index (κ1) is 21.6. The average Bonchev–Trinajstić information content (AvgIpc) is 3.26. The van der Waals surface area contributed by atoms with E-state index < -0.39 is 0 Å². The van der Waals surface area contributed by atoms with Gasteiger partial charge in [0.2, 0.25) is 5.90 Å². The molecular weight excluding hydrogens is 411 g/mol. The number of aliphatic imine (C=N–C) groups is 1. The van der Waals surface area contributed by atoms with Gasteiger partial charge in [-0.3, -0.25) is 9.79 Å². The lowest BCUT2D eigenvalue weighted by Crippen LogP contribution is -2.34. The molecule has 2 aromatic rings. The van der Waals surface area contributed by atoms with E-state index in [4.69, 9.17) is 16.2 Å². The van der Waals surface area contributed by atoms with E-state index >= 15 is 0 Å². The van der Waals surface area contributed by atoms with Crippen LogP contribution in [0.25, 0.3) is 5.57 Å². The zero-order chi connectivity index (χ0) is 23.0. The lowest BCUT2D eigenvalue weighted by Gasteiger charge is -2.31. The Hall–Kier alpha value is -3.62. The quantitative estimate of drug-likeness (QED) is 0.523. The number of nitrogens with zero attached hydrogens (tertiary/aromatic N) is 4. The highest BCUT2D eigenvalue weighted by molar-refractivity contribution is 6.20. The molecule has 1 fully saturated rings. The summed E-state index contributed by atoms with van der Waals surface area (Å²) in [6, 6.07) is 6.00. The van der Waals surface area contributed by atoms with Gasteiger partial charge in [0.1, 0.15) is 11.6 Å². The van der Waals surface area contributed by atoms with Crippen LogP contribution in [0.15, 0.2) is 41.2 Å². The molecular formula is C23H27FN6O2. The van der Waals surface area contributed by atoms with Crippen LogP contribution in [0.5, 0.6) is 0 Å². The van der Waals surface area contributed by atoms with Crippen molar-refractivity contribution in [2.45, 2.75) is 18.9 Å². The molecule has 0 saturated carbocycles. The third-order valence-electron chi connectivity index (χ3n) is 6.04. The highest BCUT2D eigenvalue weighted by Gasteiger charge is 2.33. The second-order valence-corrected chi connectivity index (χ2v) is 8.01. The molecule has 0 spiro atoms. The lowest BCUT2D eigenvalue weighted by atomic mass is 9.96. The molecule has 168 valence electrons. The Morgan fingerprint density at radius 1 is 1.31 bits per heavy atom. The van der Waals surface area contributed by atoms with E-state index in [1.54, 1.807) is 26.4 Å². The molecule has 1 aromatic heterocycles. The van der Waals surface area contributed by atoms with Gasteiger partial charge in [-0.05, 0) is 42.7 Å². The number of halogens is 1. The minimum Gasteiger partial charge on any atom is -0.481 e. The van der Waals surface area contributed by atoms with E-state index in [2.05, 4.69) is 14.9 Å². The highest BCUT2D eigenvalue weighted by Crippen LogP contribution is 2.41. The van der Waals surface area contributed by atoms with Crippen molar-refractivity contribution in [1.82, 2.24) is 9.88 Å². The molecule has 9 heteroatoms. The van der Waals surface area contributed by atoms with Crippen LogP contribution in [0.3, 0.4) is 0 Å². The zero-order valence-corrected chi connectivity index (χ0v) is 18.4. The van der Waals surface area contributed by atoms with E-state index in [1.165, 1.54) is 24.1 Å². The Labute approximate surface area is 186 Å². The van der Waals surface area contributed by atoms with Gasteiger partial charge in [0.15, 0.2) is 0 Å². The number of amides is 1. The number of likely N-dealkylation sites (N-methyl/N-ethyl adjacent to an activating group) is 1. The molecule has 2 bridgehead atoms. The van der Waals surface area contributed by atoms with Crippen molar-refractivity contribution < 1.29 is 13.9 Å². The molecule has 2 aliphatic rings. The second-order valence-electron chi connectivity index (χ2n) is 8.01. The summed E-state index contributed by atoms with van der Waals surface area (Å²) in [6.07, 6.45) is 3.26. The topological polar surface area (TPSA) is 110 Å². The summed E-state index contributed by atoms with van der Waals surface area (Å²) in [6.45, 7) is 0.828. The van der Waals surface area contributed by atoms with Gasteiger partial charge in [-0.1, -0.05) is 0 Å². The number of nitrogens with two attached hydrogens (primary N) is 2. The van der Waals surface area contributed by atoms with Gasteiger partial charge in [-0.2, -0.15) is 0 Å². The summed E-state index contributed by atoms with van der Waals surface area (Å²) in [5.41, 5.74) is 16.2. The maximum absolute atomic E-state index is 14.3. The first-order valence-corrected chi connectivity index (χ1v) is 10.4. The van der Waals surface area contributed by atoms with E-state index in [9.17, 15) is 9.18 Å². The summed E-state index contributed by atoms with van der Waals surface area (Å²) >= 11 is 0. The second kappa shape index (κ2) is 8.49. The number of fused-ring (bicyclic) bond motifs is 6. The summed E-state index contributed by atoms with van der Waals surface area (Å²) in [7, 11) is 4.79. The Morgan fingerprint density at radius 2 is 2.09 bits per heavy atom. The maximum Gasteiger partial charge on any atom is 0.254 e. The fourth-order valence-electron chi connectivity index (χ4n) is 4.58. The van der Waals surface area contributed by atoms with Crippen molar-refractivity contribution >= 4 is 28.9 Å². The number of benzene rings is 1. The van der Waals surface area contributed by atoms with Gasteiger partial charge in [-0.25, -0.2) is 9.37 Å². The van der Waals surface area contributed by atoms with Crippen molar-refractivity contribution in [3.63, 3.8) is 0 Å². The Kier molecular flexibility index (Phi) is 5.73. The molecule has 3 heterocycles. The monoisotopic (exact) mass is 438 g/mol. The Bertz CT molecular complexity index is 1130. The van der Waals surface area contributed by atoms with Crippen LogP contribution < -0.4 is 16.4 Å². The maximum atomic E-state index is 14.3. The van der Waals surface area contributed by atoms with Crippen LogP contribution in [0.4, 0.5) is 15.9 Å². The highest BCUT2D eigenvalue weighted by atomic mass is 19.1. The predicted octanol–water partition coefficient (Wildman–Crippen LogP) is 2.57. The van der Waals surface area contributed by atoms with E-state index in [1.807, 2.05) is 6.07 Å². The lowest BCUT2D eigenvalue weighted by molar-refractivity contribution is 0.0805. The molecule has 1 saturated heterocycles. The number of aromatic nitrogens is 1. The van der Waals surface area contributed by atoms with Crippen molar-refractivity contribution in [3.05, 3.63) is 58.7 Å². The Balaban J connectivity index is 2.01. The normalized spacial score (nSPS) is 19.3. The van der Waals surface area contributed by atoms with Crippen LogP contribution in [-0.2, 0) is 4.74 Å². The van der Waals surface area contributed by atoms with Crippen molar-refractivity contribution in [1.29, 1.82) is 0 Å². The van der Waals surface area contributed by atoms with Crippen LogP contribution in [0, 0.1) is 5.82 Å². The summed E-state index contributed by atoms with van der Waals surface area (Å²) in [4.78, 5) is 25.6. The smallest absolute Gasteiger partial charge is 0.254 e. The van der Waals surface area contributed by atoms with Gasteiger partial charge in [-0.15, -0.1) is 0 Å². The minimum absolute atomic E-state index is 0.126. The number of ether oxygens (including phenoxy) is 1. The van der Waals surface area contributed by atoms with Gasteiger partial charge in [0.05, 0.1) is 31.0 Å². The molecule has 1 atom stereocenters. The Morgan fingerprint density at radius 3 is 2.81 bits per heavy atom. The van der Waals surface area contributed by atoms with Gasteiger partial charge < -0.3 is 26.0 Å². The van der Waals surface area contributed by atoms with Gasteiger partial charge in [0, 0.05) is 43.7 Å². The van der Waals surface area contributed by atoms with E-state index in [-0.39, 0.29) is 24.3 Å². The number of nitrogen functional groups attached to an aromatic ring is 1. The molecule has 2 aliphatic heterocycles. The number of hydrogen-bond donors (Lipinski definition) is 2. The fraction of sp³-hybridized carbons (Fsp3) is 0.348. The number of methoxy groups -OCH3 is 1. The molecule has 32 heavy (non-hydrogen) atoms. The average molecular weight is 439 g/mol. The third-order valence-corrected chi connectivity index (χ3v) is 6.04. The largest absolute Gasteiger partial charge is 0.481 e. The summed E-state index contributed by atoms with van der Waals surface area (Å²) in [5, 5.41) is 0. The number of anilines is 2. The summed E-state index contributed by atoms with van der Waals surface area (Å²) in [5.74, 6) is 0.0586. The molecule has 0 radical (unpaired) electrons. The molecule has 1 aromatic carbocycles. The molecule has 1 amide bonds. The molecule has 0 unspecified atom stereocenters. The third kappa shape index (κ3) is 3.63. The predicted molar refractivity (Wildman–Crippen MR) is 123 cm³/mol. The van der Waals surface area contributed by atoms with Crippen LogP contribution in [-0.4, -0.2) is 56.0 Å². The van der Waals surface area contributed by atoms with Crippen LogP contribution in [0.2, 0.25) is 0 Å². The molecule has 0 aliphatic carbocycles. The number of pyridine rings is 1. The number of rotatable bonds is 1. The van der Waals surface area contributed by atoms with Crippen LogP contribution in [0.1, 0.15) is 40.4 Å². The first-order chi connectivity index (χ1) is 15.3. The zero-order valence-electron chi connectivity index (χ0n) is 18.4. The van der Waals surface area contributed by atoms with E-state index in [0.29, 0.717) is 51.9 Å². The van der Waals surface area contributed by atoms with Crippen molar-refractivity contribution in [2.75, 3.05) is 44.9 Å². The fourth-order valence-corrected chi connectivity index (χ4v) is 4.58. The van der Waals surface area contributed by atoms with Crippen LogP contribution >= 0.6 is 0 Å². The molecule has 8 nitrogen and oxygen atoms in total. The van der Waals surface area contributed by atoms with E-state index in [0.717, 1.165) is 12.8 Å². The number of carbonyl (C=O) groups excluding carboxylic acids is 1. The van der Waals surface area contributed by atoms with Gasteiger partial charge >= 0.3 is 0 Å². The van der Waals surface area contributed by atoms with Gasteiger partial charge in [0.25, 0.3) is 5.91 Å². The SMILES string of the molecule is CN=C(OC)C1=C(N)CN(C)C(=O)c2ccc(F)cc2[C@H]2CCCN2c2cc1cnc2N. The van der Waals surface area contributed by atoms with Crippen molar-refractivity contribution in [2.24, 2.45) is 10.7 Å². The minimum atomic E-state index is -0.386. The number of carbonyl (C=O) groups is 1.